The smallest absolute Gasteiger partial charge is 0.309 e. The zero-order valence-corrected chi connectivity index (χ0v) is 10.1. The van der Waals surface area contributed by atoms with Gasteiger partial charge in [0.15, 0.2) is 0 Å². The number of hydrogen-bond acceptors (Lipinski definition) is 2. The highest BCUT2D eigenvalue weighted by atomic mass is 35.5. The summed E-state index contributed by atoms with van der Waals surface area (Å²) in [5, 5.41) is 9.50. The number of rotatable bonds is 3. The minimum absolute atomic E-state index is 0.120. The summed E-state index contributed by atoms with van der Waals surface area (Å²) >= 11 is 11.9. The van der Waals surface area contributed by atoms with Crippen molar-refractivity contribution < 1.29 is 9.90 Å². The highest BCUT2D eigenvalue weighted by Crippen LogP contribution is 2.28. The van der Waals surface area contributed by atoms with E-state index >= 15 is 0 Å². The molecule has 6 heteroatoms. The number of imidazole rings is 1. The number of carboxylic acid groups (broad SMARTS) is 1. The fraction of sp³-hybridized carbons (Fsp3) is 0.0909. The number of nitrogens with zero attached hydrogens (tertiary/aromatic N) is 2. The van der Waals surface area contributed by atoms with Gasteiger partial charge in [-0.25, -0.2) is 4.98 Å². The first-order valence-electron chi connectivity index (χ1n) is 4.77. The highest BCUT2D eigenvalue weighted by Gasteiger charge is 2.09. The summed E-state index contributed by atoms with van der Waals surface area (Å²) in [5.74, 6) is -0.924. The molecule has 0 saturated carbocycles. The maximum Gasteiger partial charge on any atom is 0.309 e. The number of aromatic nitrogens is 2. The molecular formula is C11H8Cl2N2O2. The molecule has 0 atom stereocenters. The van der Waals surface area contributed by atoms with Crippen LogP contribution in [0.2, 0.25) is 10.0 Å². The van der Waals surface area contributed by atoms with Gasteiger partial charge < -0.3 is 9.67 Å². The summed E-state index contributed by atoms with van der Waals surface area (Å²) in [6.45, 7) is 0. The Hall–Kier alpha value is -1.52. The first-order chi connectivity index (χ1) is 8.08. The summed E-state index contributed by atoms with van der Waals surface area (Å²) in [4.78, 5) is 14.5. The SMILES string of the molecule is O=C(O)Cc1cn(-c2cccc(Cl)c2Cl)cn1. The average molecular weight is 271 g/mol. The Balaban J connectivity index is 2.37. The van der Waals surface area contributed by atoms with Gasteiger partial charge in [0.2, 0.25) is 0 Å². The van der Waals surface area contributed by atoms with Crippen LogP contribution in [0.15, 0.2) is 30.7 Å². The molecule has 0 aliphatic heterocycles. The van der Waals surface area contributed by atoms with Gasteiger partial charge in [0.1, 0.15) is 0 Å². The lowest BCUT2D eigenvalue weighted by atomic mass is 10.3. The van der Waals surface area contributed by atoms with Crippen LogP contribution in [0.25, 0.3) is 5.69 Å². The third kappa shape index (κ3) is 2.60. The molecule has 2 aromatic rings. The molecule has 2 rings (SSSR count). The van der Waals surface area contributed by atoms with Crippen molar-refractivity contribution >= 4 is 29.2 Å². The van der Waals surface area contributed by atoms with E-state index in [0.717, 1.165) is 0 Å². The van der Waals surface area contributed by atoms with Crippen molar-refractivity contribution in [3.8, 4) is 5.69 Å². The van der Waals surface area contributed by atoms with Crippen LogP contribution in [-0.2, 0) is 11.2 Å². The van der Waals surface area contributed by atoms with Gasteiger partial charge >= 0.3 is 5.97 Å². The monoisotopic (exact) mass is 270 g/mol. The van der Waals surface area contributed by atoms with Gasteiger partial charge in [0, 0.05) is 6.20 Å². The lowest BCUT2D eigenvalue weighted by molar-refractivity contribution is -0.136. The quantitative estimate of drug-likeness (QED) is 0.933. The standard InChI is InChI=1S/C11H8Cl2N2O2/c12-8-2-1-3-9(11(8)13)15-5-7(14-6-15)4-10(16)17/h1-3,5-6H,4H2,(H,16,17). The van der Waals surface area contributed by atoms with Crippen LogP contribution in [-0.4, -0.2) is 20.6 Å². The molecule has 1 N–H and O–H groups in total. The second kappa shape index (κ2) is 4.77. The largest absolute Gasteiger partial charge is 0.481 e. The maximum absolute atomic E-state index is 10.5. The molecule has 88 valence electrons. The molecule has 0 amide bonds. The van der Waals surface area contributed by atoms with E-state index in [0.29, 0.717) is 21.4 Å². The molecule has 1 aromatic heterocycles. The Bertz CT molecular complexity index is 566. The van der Waals surface area contributed by atoms with Crippen LogP contribution in [0.1, 0.15) is 5.69 Å². The number of carboxylic acids is 1. The first kappa shape index (κ1) is 12.0. The second-order valence-corrected chi connectivity index (χ2v) is 4.20. The van der Waals surface area contributed by atoms with E-state index in [4.69, 9.17) is 28.3 Å². The van der Waals surface area contributed by atoms with E-state index in [1.54, 1.807) is 29.0 Å². The van der Waals surface area contributed by atoms with Gasteiger partial charge in [-0.1, -0.05) is 29.3 Å². The lowest BCUT2D eigenvalue weighted by Crippen LogP contribution is -2.00. The first-order valence-corrected chi connectivity index (χ1v) is 5.52. The molecule has 0 radical (unpaired) electrons. The number of aliphatic carboxylic acids is 1. The molecule has 0 bridgehead atoms. The molecule has 0 saturated heterocycles. The fourth-order valence-corrected chi connectivity index (χ4v) is 1.83. The Morgan fingerprint density at radius 3 is 2.88 bits per heavy atom. The topological polar surface area (TPSA) is 55.1 Å². The molecule has 0 aliphatic carbocycles. The normalized spacial score (nSPS) is 10.5. The average Bonchev–Trinajstić information content (AvgIpc) is 2.69. The van der Waals surface area contributed by atoms with Gasteiger partial charge in [0.25, 0.3) is 0 Å². The highest BCUT2D eigenvalue weighted by molar-refractivity contribution is 6.43. The van der Waals surface area contributed by atoms with Crippen LogP contribution < -0.4 is 0 Å². The lowest BCUT2D eigenvalue weighted by Gasteiger charge is -2.05. The molecule has 0 fully saturated rings. The third-order valence-corrected chi connectivity index (χ3v) is 2.99. The molecule has 1 aromatic carbocycles. The summed E-state index contributed by atoms with van der Waals surface area (Å²) < 4.78 is 1.65. The Kier molecular flexibility index (Phi) is 3.36. The zero-order valence-electron chi connectivity index (χ0n) is 8.60. The Labute approximate surface area is 107 Å². The van der Waals surface area contributed by atoms with Crippen molar-refractivity contribution in [3.63, 3.8) is 0 Å². The minimum Gasteiger partial charge on any atom is -0.481 e. The van der Waals surface area contributed by atoms with Gasteiger partial charge in [-0.3, -0.25) is 4.79 Å². The van der Waals surface area contributed by atoms with E-state index in [-0.39, 0.29) is 6.42 Å². The molecular weight excluding hydrogens is 263 g/mol. The van der Waals surface area contributed by atoms with Crippen molar-refractivity contribution in [3.05, 3.63) is 46.5 Å². The fourth-order valence-electron chi connectivity index (χ4n) is 1.43. The van der Waals surface area contributed by atoms with E-state index in [1.807, 2.05) is 0 Å². The van der Waals surface area contributed by atoms with Crippen LogP contribution >= 0.6 is 23.2 Å². The molecule has 0 spiro atoms. The summed E-state index contributed by atoms with van der Waals surface area (Å²) in [6.07, 6.45) is 3.01. The van der Waals surface area contributed by atoms with E-state index in [1.165, 1.54) is 6.33 Å². The Morgan fingerprint density at radius 1 is 1.41 bits per heavy atom. The van der Waals surface area contributed by atoms with Gasteiger partial charge in [-0.2, -0.15) is 0 Å². The number of halogens is 2. The van der Waals surface area contributed by atoms with Crippen molar-refractivity contribution in [2.24, 2.45) is 0 Å². The number of carbonyl (C=O) groups is 1. The molecule has 1 heterocycles. The summed E-state index contributed by atoms with van der Waals surface area (Å²) in [5.41, 5.74) is 1.14. The van der Waals surface area contributed by atoms with Gasteiger partial charge in [-0.15, -0.1) is 0 Å². The molecule has 17 heavy (non-hydrogen) atoms. The minimum atomic E-state index is -0.924. The Morgan fingerprint density at radius 2 is 2.18 bits per heavy atom. The maximum atomic E-state index is 10.5. The molecule has 4 nitrogen and oxygen atoms in total. The summed E-state index contributed by atoms with van der Waals surface area (Å²) in [7, 11) is 0. The van der Waals surface area contributed by atoms with Crippen molar-refractivity contribution in [2.75, 3.05) is 0 Å². The van der Waals surface area contributed by atoms with Gasteiger partial charge in [0.05, 0.1) is 34.2 Å². The second-order valence-electron chi connectivity index (χ2n) is 3.42. The van der Waals surface area contributed by atoms with Crippen LogP contribution in [0.3, 0.4) is 0 Å². The van der Waals surface area contributed by atoms with E-state index < -0.39 is 5.97 Å². The van der Waals surface area contributed by atoms with Crippen molar-refractivity contribution in [1.82, 2.24) is 9.55 Å². The van der Waals surface area contributed by atoms with Crippen LogP contribution in [0.5, 0.6) is 0 Å². The number of benzene rings is 1. The van der Waals surface area contributed by atoms with Crippen LogP contribution in [0.4, 0.5) is 0 Å². The number of hydrogen-bond donors (Lipinski definition) is 1. The zero-order chi connectivity index (χ0) is 12.4. The molecule has 0 aliphatic rings. The predicted octanol–water partition coefficient (Wildman–Crippen LogP) is 2.81. The van der Waals surface area contributed by atoms with Crippen LogP contribution in [0, 0.1) is 0 Å². The van der Waals surface area contributed by atoms with E-state index in [9.17, 15) is 4.79 Å². The molecule has 0 unspecified atom stereocenters. The van der Waals surface area contributed by atoms with Gasteiger partial charge in [-0.05, 0) is 12.1 Å². The van der Waals surface area contributed by atoms with E-state index in [2.05, 4.69) is 4.98 Å². The third-order valence-electron chi connectivity index (χ3n) is 2.18. The van der Waals surface area contributed by atoms with Crippen molar-refractivity contribution in [1.29, 1.82) is 0 Å². The summed E-state index contributed by atoms with van der Waals surface area (Å²) in [6, 6.07) is 5.23. The predicted molar refractivity (Wildman–Crippen MR) is 64.9 cm³/mol. The van der Waals surface area contributed by atoms with Crippen molar-refractivity contribution in [2.45, 2.75) is 6.42 Å².